The molecule has 0 amide bonds. The quantitative estimate of drug-likeness (QED) is 0.670. The zero-order valence-corrected chi connectivity index (χ0v) is 12.5. The first kappa shape index (κ1) is 15.9. The van der Waals surface area contributed by atoms with Gasteiger partial charge in [0.2, 0.25) is 0 Å². The molecule has 114 valence electrons. The smallest absolute Gasteiger partial charge is 0.400 e. The van der Waals surface area contributed by atoms with E-state index in [0.29, 0.717) is 12.8 Å². The summed E-state index contributed by atoms with van der Waals surface area (Å²) < 4.78 is 49.5. The van der Waals surface area contributed by atoms with Crippen molar-refractivity contribution in [2.75, 3.05) is 0 Å². The molecule has 20 heavy (non-hydrogen) atoms. The molecule has 0 atom stereocenters. The second-order valence-corrected chi connectivity index (χ2v) is 6.77. The average Bonchev–Trinajstić information content (AvgIpc) is 2.46. The van der Waals surface area contributed by atoms with Crippen molar-refractivity contribution < 1.29 is 22.5 Å². The maximum absolute atomic E-state index is 12.6. The predicted octanol–water partition coefficient (Wildman–Crippen LogP) is 4.30. The predicted molar refractivity (Wildman–Crippen MR) is 72.2 cm³/mol. The molecular formula is C14H22BF3O2. The number of halogens is 3. The van der Waals surface area contributed by atoms with Gasteiger partial charge in [-0.3, -0.25) is 0 Å². The van der Waals surface area contributed by atoms with Crippen molar-refractivity contribution in [1.82, 2.24) is 0 Å². The molecule has 2 nitrogen and oxygen atoms in total. The van der Waals surface area contributed by atoms with Gasteiger partial charge in [-0.25, -0.2) is 0 Å². The van der Waals surface area contributed by atoms with Crippen LogP contribution in [0.25, 0.3) is 0 Å². The van der Waals surface area contributed by atoms with E-state index in [1.807, 2.05) is 33.7 Å². The number of hydrogen-bond donors (Lipinski definition) is 0. The van der Waals surface area contributed by atoms with E-state index in [0.717, 1.165) is 5.57 Å². The minimum atomic E-state index is -4.06. The Morgan fingerprint density at radius 2 is 1.50 bits per heavy atom. The van der Waals surface area contributed by atoms with Crippen LogP contribution < -0.4 is 0 Å². The highest BCUT2D eigenvalue weighted by molar-refractivity contribution is 6.51. The molecule has 2 rings (SSSR count). The molecule has 2 aliphatic rings. The normalized spacial score (nSPS) is 29.6. The van der Waals surface area contributed by atoms with Crippen LogP contribution in [0.4, 0.5) is 13.2 Å². The molecule has 1 heterocycles. The molecule has 0 aromatic rings. The van der Waals surface area contributed by atoms with E-state index < -0.39 is 30.4 Å². The van der Waals surface area contributed by atoms with Crippen LogP contribution >= 0.6 is 0 Å². The fraction of sp³-hybridized carbons (Fsp3) is 0.857. The fourth-order valence-electron chi connectivity index (χ4n) is 2.63. The highest BCUT2D eigenvalue weighted by Crippen LogP contribution is 2.41. The van der Waals surface area contributed by atoms with Crippen molar-refractivity contribution >= 4 is 7.12 Å². The Hall–Kier alpha value is -0.485. The van der Waals surface area contributed by atoms with E-state index in [4.69, 9.17) is 9.31 Å². The molecule has 0 N–H and O–H groups in total. The summed E-state index contributed by atoms with van der Waals surface area (Å²) in [6, 6.07) is 0. The van der Waals surface area contributed by atoms with Crippen LogP contribution in [-0.4, -0.2) is 24.5 Å². The van der Waals surface area contributed by atoms with Crippen molar-refractivity contribution in [3.8, 4) is 0 Å². The lowest BCUT2D eigenvalue weighted by Gasteiger charge is -2.32. The number of rotatable bonds is 1. The third kappa shape index (κ3) is 3.22. The van der Waals surface area contributed by atoms with Gasteiger partial charge in [-0.2, -0.15) is 13.2 Å². The van der Waals surface area contributed by atoms with Gasteiger partial charge >= 0.3 is 13.3 Å². The Labute approximate surface area is 118 Å². The molecule has 1 aliphatic carbocycles. The monoisotopic (exact) mass is 290 g/mol. The molecule has 6 heteroatoms. The highest BCUT2D eigenvalue weighted by Gasteiger charge is 2.50. The van der Waals surface area contributed by atoms with Crippen LogP contribution in [0.15, 0.2) is 11.5 Å². The molecule has 0 aromatic carbocycles. The molecule has 0 radical (unpaired) electrons. The Bertz CT molecular complexity index is 376. The van der Waals surface area contributed by atoms with Crippen LogP contribution in [0.3, 0.4) is 0 Å². The van der Waals surface area contributed by atoms with E-state index in [1.165, 1.54) is 0 Å². The van der Waals surface area contributed by atoms with Gasteiger partial charge in [0.05, 0.1) is 17.1 Å². The fourth-order valence-corrected chi connectivity index (χ4v) is 2.63. The van der Waals surface area contributed by atoms with Gasteiger partial charge in [0, 0.05) is 0 Å². The van der Waals surface area contributed by atoms with Gasteiger partial charge in [-0.1, -0.05) is 11.5 Å². The third-order valence-corrected chi connectivity index (χ3v) is 4.73. The van der Waals surface area contributed by atoms with Crippen LogP contribution in [0, 0.1) is 5.92 Å². The van der Waals surface area contributed by atoms with Crippen molar-refractivity contribution in [3.05, 3.63) is 11.5 Å². The van der Waals surface area contributed by atoms with Gasteiger partial charge < -0.3 is 9.31 Å². The highest BCUT2D eigenvalue weighted by atomic mass is 19.4. The van der Waals surface area contributed by atoms with E-state index >= 15 is 0 Å². The van der Waals surface area contributed by atoms with Crippen molar-refractivity contribution in [1.29, 1.82) is 0 Å². The van der Waals surface area contributed by atoms with Crippen LogP contribution in [0.2, 0.25) is 0 Å². The summed E-state index contributed by atoms with van der Waals surface area (Å²) in [5.74, 6) is 0.710. The molecule has 0 spiro atoms. The molecule has 0 bridgehead atoms. The van der Waals surface area contributed by atoms with Gasteiger partial charge in [-0.05, 0) is 53.4 Å². The molecule has 0 unspecified atom stereocenters. The van der Waals surface area contributed by atoms with Gasteiger partial charge in [-0.15, -0.1) is 0 Å². The molecule has 1 saturated heterocycles. The van der Waals surface area contributed by atoms with Crippen LogP contribution in [-0.2, 0) is 9.31 Å². The Balaban J connectivity index is 1.95. The van der Waals surface area contributed by atoms with E-state index in [2.05, 4.69) is 0 Å². The summed E-state index contributed by atoms with van der Waals surface area (Å²) in [6.07, 6.45) is -2.75. The van der Waals surface area contributed by atoms with Gasteiger partial charge in [0.15, 0.2) is 0 Å². The maximum Gasteiger partial charge on any atom is 0.487 e. The first-order chi connectivity index (χ1) is 9.01. The Morgan fingerprint density at radius 1 is 1.05 bits per heavy atom. The number of allylic oxidation sites excluding steroid dienone is 1. The minimum Gasteiger partial charge on any atom is -0.400 e. The summed E-state index contributed by atoms with van der Waals surface area (Å²) in [7, 11) is -0.447. The van der Waals surface area contributed by atoms with Gasteiger partial charge in [0.25, 0.3) is 0 Å². The summed E-state index contributed by atoms with van der Waals surface area (Å²) in [6.45, 7) is 7.86. The van der Waals surface area contributed by atoms with Crippen LogP contribution in [0.5, 0.6) is 0 Å². The average molecular weight is 290 g/mol. The van der Waals surface area contributed by atoms with Crippen molar-refractivity contribution in [2.24, 2.45) is 5.92 Å². The number of hydrogen-bond acceptors (Lipinski definition) is 2. The standard InChI is InChI=1S/C14H22BF3O2/c1-12(2)13(3,4)20-15(19-12)9-10-5-7-11(8-6-10)14(16,17)18/h9,11H,5-8H2,1-4H3. The topological polar surface area (TPSA) is 18.5 Å². The molecule has 1 aliphatic heterocycles. The van der Waals surface area contributed by atoms with E-state index in [-0.39, 0.29) is 12.8 Å². The van der Waals surface area contributed by atoms with Gasteiger partial charge in [0.1, 0.15) is 0 Å². The van der Waals surface area contributed by atoms with Crippen molar-refractivity contribution in [3.63, 3.8) is 0 Å². The second-order valence-electron chi connectivity index (χ2n) is 6.77. The summed E-state index contributed by atoms with van der Waals surface area (Å²) in [5.41, 5.74) is 0.208. The lowest BCUT2D eigenvalue weighted by atomic mass is 9.79. The lowest BCUT2D eigenvalue weighted by Crippen LogP contribution is -2.41. The van der Waals surface area contributed by atoms with Crippen LogP contribution in [0.1, 0.15) is 53.4 Å². The Morgan fingerprint density at radius 3 is 1.90 bits per heavy atom. The summed E-state index contributed by atoms with van der Waals surface area (Å²) >= 11 is 0. The minimum absolute atomic E-state index is 0.175. The summed E-state index contributed by atoms with van der Waals surface area (Å²) in [5, 5.41) is 0. The zero-order valence-electron chi connectivity index (χ0n) is 12.5. The SMILES string of the molecule is CC1(C)OB(C=C2CCC(C(F)(F)F)CC2)OC1(C)C. The largest absolute Gasteiger partial charge is 0.487 e. The van der Waals surface area contributed by atoms with E-state index in [9.17, 15) is 13.2 Å². The second kappa shape index (κ2) is 5.06. The third-order valence-electron chi connectivity index (χ3n) is 4.73. The molecule has 0 aromatic heterocycles. The lowest BCUT2D eigenvalue weighted by molar-refractivity contribution is -0.179. The number of alkyl halides is 3. The first-order valence-corrected chi connectivity index (χ1v) is 7.13. The Kier molecular flexibility index (Phi) is 4.02. The van der Waals surface area contributed by atoms with E-state index in [1.54, 1.807) is 0 Å². The summed E-state index contributed by atoms with van der Waals surface area (Å²) in [4.78, 5) is 0. The maximum atomic E-state index is 12.6. The first-order valence-electron chi connectivity index (χ1n) is 7.13. The van der Waals surface area contributed by atoms with Crippen molar-refractivity contribution in [2.45, 2.75) is 70.8 Å². The molecule has 2 fully saturated rings. The zero-order chi connectivity index (χ0) is 15.2. The molecular weight excluding hydrogens is 268 g/mol. The molecule has 1 saturated carbocycles.